The summed E-state index contributed by atoms with van der Waals surface area (Å²) in [6.07, 6.45) is 1.48. The van der Waals surface area contributed by atoms with Crippen molar-refractivity contribution in [3.63, 3.8) is 0 Å². The topological polar surface area (TPSA) is 125 Å². The van der Waals surface area contributed by atoms with Crippen LogP contribution in [0, 0.1) is 0 Å². The summed E-state index contributed by atoms with van der Waals surface area (Å²) < 4.78 is 5.86. The number of rotatable bonds is 8. The summed E-state index contributed by atoms with van der Waals surface area (Å²) in [6.45, 7) is -0.256. The van der Waals surface area contributed by atoms with E-state index in [2.05, 4.69) is 10.6 Å². The first-order valence-electron chi connectivity index (χ1n) is 10.6. The van der Waals surface area contributed by atoms with Crippen LogP contribution in [0.1, 0.15) is 21.5 Å². The minimum absolute atomic E-state index is 0.0179. The summed E-state index contributed by atoms with van der Waals surface area (Å²) in [6, 6.07) is 21.3. The third-order valence-corrected chi connectivity index (χ3v) is 5.14. The van der Waals surface area contributed by atoms with Gasteiger partial charge in [-0.25, -0.2) is 14.5 Å². The molecule has 3 aromatic rings. The van der Waals surface area contributed by atoms with Gasteiger partial charge in [0.15, 0.2) is 0 Å². The van der Waals surface area contributed by atoms with Gasteiger partial charge in [0, 0.05) is 11.3 Å². The average Bonchev–Trinajstić information content (AvgIpc) is 3.11. The second kappa shape index (κ2) is 10.3. The highest BCUT2D eigenvalue weighted by Crippen LogP contribution is 2.24. The van der Waals surface area contributed by atoms with Crippen molar-refractivity contribution in [2.75, 3.05) is 11.9 Å². The van der Waals surface area contributed by atoms with Gasteiger partial charge in [0.1, 0.15) is 24.6 Å². The lowest BCUT2D eigenvalue weighted by Crippen LogP contribution is -2.38. The largest absolute Gasteiger partial charge is 0.488 e. The molecule has 0 unspecified atom stereocenters. The highest BCUT2D eigenvalue weighted by Gasteiger charge is 2.35. The fourth-order valence-electron chi connectivity index (χ4n) is 3.37. The monoisotopic (exact) mass is 471 g/mol. The van der Waals surface area contributed by atoms with Crippen molar-refractivity contribution < 1.29 is 29.0 Å². The highest BCUT2D eigenvalue weighted by atomic mass is 16.5. The fourth-order valence-corrected chi connectivity index (χ4v) is 3.37. The first-order chi connectivity index (χ1) is 16.9. The summed E-state index contributed by atoms with van der Waals surface area (Å²) in [4.78, 5) is 49.3. The summed E-state index contributed by atoms with van der Waals surface area (Å²) in [5.41, 5.74) is 2.07. The van der Waals surface area contributed by atoms with Crippen molar-refractivity contribution in [2.24, 2.45) is 0 Å². The van der Waals surface area contributed by atoms with Gasteiger partial charge in [0.2, 0.25) is 5.91 Å². The van der Waals surface area contributed by atoms with Crippen LogP contribution in [-0.2, 0) is 16.2 Å². The third-order valence-electron chi connectivity index (χ3n) is 5.14. The number of hydrogen-bond donors (Lipinski definition) is 3. The third kappa shape index (κ3) is 5.72. The van der Waals surface area contributed by atoms with Gasteiger partial charge < -0.3 is 20.5 Å². The van der Waals surface area contributed by atoms with Crippen LogP contribution in [0.2, 0.25) is 0 Å². The molecule has 4 rings (SSSR count). The molecule has 0 aromatic heterocycles. The minimum atomic E-state index is -1.01. The molecule has 1 aliphatic rings. The van der Waals surface area contributed by atoms with E-state index in [1.54, 1.807) is 66.7 Å². The summed E-state index contributed by atoms with van der Waals surface area (Å²) in [5, 5.41) is 14.1. The number of benzene rings is 3. The van der Waals surface area contributed by atoms with E-state index in [4.69, 9.17) is 9.84 Å². The number of nitrogens with one attached hydrogen (secondary N) is 2. The normalized spacial score (nSPS) is 14.1. The Bertz CT molecular complexity index is 1300. The van der Waals surface area contributed by atoms with Crippen molar-refractivity contribution in [3.05, 3.63) is 101 Å². The van der Waals surface area contributed by atoms with Crippen LogP contribution in [0.4, 0.5) is 10.5 Å². The van der Waals surface area contributed by atoms with Crippen LogP contribution in [0.15, 0.2) is 84.6 Å². The van der Waals surface area contributed by atoms with E-state index in [0.717, 1.165) is 10.5 Å². The second-order valence-corrected chi connectivity index (χ2v) is 7.62. The number of hydrogen-bond acceptors (Lipinski definition) is 5. The Labute approximate surface area is 200 Å². The number of carboxylic acid groups (broad SMARTS) is 1. The number of carbonyl (C=O) groups excluding carboxylic acids is 3. The number of imide groups is 1. The SMILES string of the molecule is O=C(CN1C(=O)N/C(=C/c2ccccc2OCc2ccc(C(=O)O)cc2)C1=O)Nc1ccccc1. The molecule has 0 aliphatic carbocycles. The van der Waals surface area contributed by atoms with Crippen LogP contribution in [0.5, 0.6) is 5.75 Å². The first-order valence-corrected chi connectivity index (χ1v) is 10.6. The molecule has 1 aliphatic heterocycles. The maximum Gasteiger partial charge on any atom is 0.335 e. The van der Waals surface area contributed by atoms with Gasteiger partial charge in [-0.2, -0.15) is 0 Å². The molecule has 0 radical (unpaired) electrons. The van der Waals surface area contributed by atoms with Gasteiger partial charge in [0.25, 0.3) is 5.91 Å². The van der Waals surface area contributed by atoms with E-state index < -0.39 is 30.4 Å². The van der Waals surface area contributed by atoms with Crippen molar-refractivity contribution in [1.82, 2.24) is 10.2 Å². The summed E-state index contributed by atoms with van der Waals surface area (Å²) in [7, 11) is 0. The Kier molecular flexibility index (Phi) is 6.87. The second-order valence-electron chi connectivity index (χ2n) is 7.62. The maximum absolute atomic E-state index is 12.8. The van der Waals surface area contributed by atoms with Gasteiger partial charge >= 0.3 is 12.0 Å². The number of urea groups is 1. The predicted octanol–water partition coefficient (Wildman–Crippen LogP) is 3.50. The zero-order chi connectivity index (χ0) is 24.8. The quantitative estimate of drug-likeness (QED) is 0.341. The molecule has 1 saturated heterocycles. The lowest BCUT2D eigenvalue weighted by Gasteiger charge is -2.12. The highest BCUT2D eigenvalue weighted by molar-refractivity contribution is 6.16. The first kappa shape index (κ1) is 23.2. The zero-order valence-corrected chi connectivity index (χ0v) is 18.4. The van der Waals surface area contributed by atoms with Crippen molar-refractivity contribution in [2.45, 2.75) is 6.61 Å². The predicted molar refractivity (Wildman–Crippen MR) is 127 cm³/mol. The Hall–Kier alpha value is -4.92. The molecule has 176 valence electrons. The van der Waals surface area contributed by atoms with Crippen molar-refractivity contribution >= 4 is 35.6 Å². The Morgan fingerprint density at radius 2 is 1.63 bits per heavy atom. The number of nitrogens with zero attached hydrogens (tertiary/aromatic N) is 1. The van der Waals surface area contributed by atoms with E-state index in [0.29, 0.717) is 17.0 Å². The molecule has 9 nitrogen and oxygen atoms in total. The van der Waals surface area contributed by atoms with E-state index in [-0.39, 0.29) is 17.9 Å². The molecule has 35 heavy (non-hydrogen) atoms. The molecule has 3 aromatic carbocycles. The van der Waals surface area contributed by atoms with Gasteiger partial charge in [-0.05, 0) is 42.0 Å². The van der Waals surface area contributed by atoms with Crippen LogP contribution in [-0.4, -0.2) is 40.4 Å². The number of carbonyl (C=O) groups is 4. The molecule has 0 spiro atoms. The van der Waals surface area contributed by atoms with Gasteiger partial charge in [0.05, 0.1) is 5.56 Å². The zero-order valence-electron chi connectivity index (χ0n) is 18.4. The maximum atomic E-state index is 12.8. The minimum Gasteiger partial charge on any atom is -0.488 e. The molecule has 3 N–H and O–H groups in total. The molecular weight excluding hydrogens is 450 g/mol. The van der Waals surface area contributed by atoms with Gasteiger partial charge in [-0.15, -0.1) is 0 Å². The van der Waals surface area contributed by atoms with E-state index in [9.17, 15) is 19.2 Å². The van der Waals surface area contributed by atoms with Crippen LogP contribution in [0.25, 0.3) is 6.08 Å². The Morgan fingerprint density at radius 1 is 0.943 bits per heavy atom. The lowest BCUT2D eigenvalue weighted by molar-refractivity contribution is -0.127. The number of ether oxygens (including phenoxy) is 1. The smallest absolute Gasteiger partial charge is 0.335 e. The fraction of sp³-hybridized carbons (Fsp3) is 0.0769. The number of para-hydroxylation sites is 2. The van der Waals surface area contributed by atoms with Crippen molar-refractivity contribution in [1.29, 1.82) is 0 Å². The summed E-state index contributed by atoms with van der Waals surface area (Å²) in [5.74, 6) is -1.68. The molecular formula is C26H21N3O6. The number of anilines is 1. The molecule has 0 saturated carbocycles. The molecule has 0 bridgehead atoms. The summed E-state index contributed by atoms with van der Waals surface area (Å²) >= 11 is 0. The van der Waals surface area contributed by atoms with Crippen LogP contribution in [0.3, 0.4) is 0 Å². The number of carboxylic acids is 1. The lowest BCUT2D eigenvalue weighted by atomic mass is 10.1. The Morgan fingerprint density at radius 3 is 2.34 bits per heavy atom. The molecule has 1 heterocycles. The van der Waals surface area contributed by atoms with Gasteiger partial charge in [-0.3, -0.25) is 9.59 Å². The molecule has 1 fully saturated rings. The van der Waals surface area contributed by atoms with E-state index in [1.165, 1.54) is 18.2 Å². The number of aromatic carboxylic acids is 1. The molecule has 0 atom stereocenters. The standard InChI is InChI=1S/C26H21N3O6/c30-23(27-20-7-2-1-3-8-20)15-29-24(31)21(28-26(29)34)14-19-6-4-5-9-22(19)35-16-17-10-12-18(13-11-17)25(32)33/h1-14H,15-16H2,(H,27,30)(H,28,34)(H,32,33)/b21-14+. The van der Waals surface area contributed by atoms with Crippen molar-refractivity contribution in [3.8, 4) is 5.75 Å². The van der Waals surface area contributed by atoms with Gasteiger partial charge in [-0.1, -0.05) is 48.5 Å². The van der Waals surface area contributed by atoms with E-state index in [1.807, 2.05) is 0 Å². The number of amides is 4. The molecule has 9 heteroatoms. The van der Waals surface area contributed by atoms with Crippen LogP contribution >= 0.6 is 0 Å². The van der Waals surface area contributed by atoms with E-state index >= 15 is 0 Å². The molecule has 4 amide bonds. The Balaban J connectivity index is 1.43. The van der Waals surface area contributed by atoms with Crippen LogP contribution < -0.4 is 15.4 Å². The average molecular weight is 471 g/mol.